The SMILES string of the molecule is CC(C)CCNC=O.COc1ccc(Cl)cc1C. The highest BCUT2D eigenvalue weighted by Gasteiger charge is 1.95. The van der Waals surface area contributed by atoms with Crippen LogP contribution < -0.4 is 10.1 Å². The van der Waals surface area contributed by atoms with Crippen molar-refractivity contribution in [2.24, 2.45) is 5.92 Å². The lowest BCUT2D eigenvalue weighted by Crippen LogP contribution is -2.13. The van der Waals surface area contributed by atoms with Crippen LogP contribution in [0.5, 0.6) is 5.75 Å². The maximum absolute atomic E-state index is 9.68. The molecule has 102 valence electrons. The van der Waals surface area contributed by atoms with Gasteiger partial charge < -0.3 is 10.1 Å². The van der Waals surface area contributed by atoms with Crippen molar-refractivity contribution in [3.63, 3.8) is 0 Å². The van der Waals surface area contributed by atoms with E-state index in [0.29, 0.717) is 5.92 Å². The highest BCUT2D eigenvalue weighted by atomic mass is 35.5. The molecule has 1 amide bonds. The van der Waals surface area contributed by atoms with Gasteiger partial charge in [0, 0.05) is 11.6 Å². The van der Waals surface area contributed by atoms with Crippen LogP contribution in [0.25, 0.3) is 0 Å². The Kier molecular flexibility index (Phi) is 9.11. The fourth-order valence-corrected chi connectivity index (χ4v) is 1.50. The number of rotatable bonds is 5. The van der Waals surface area contributed by atoms with E-state index in [1.807, 2.05) is 25.1 Å². The molecule has 0 saturated carbocycles. The molecule has 0 heterocycles. The molecule has 1 aromatic carbocycles. The van der Waals surface area contributed by atoms with Crippen LogP contribution in [0, 0.1) is 12.8 Å². The molecule has 1 N–H and O–H groups in total. The normalized spacial score (nSPS) is 9.44. The molecular formula is C14H22ClNO2. The average Bonchev–Trinajstić information content (AvgIpc) is 2.30. The molecule has 0 aliphatic heterocycles. The summed E-state index contributed by atoms with van der Waals surface area (Å²) in [7, 11) is 1.65. The van der Waals surface area contributed by atoms with E-state index in [1.54, 1.807) is 7.11 Å². The number of methoxy groups -OCH3 is 1. The number of halogens is 1. The lowest BCUT2D eigenvalue weighted by Gasteiger charge is -2.02. The lowest BCUT2D eigenvalue weighted by molar-refractivity contribution is -0.109. The third kappa shape index (κ3) is 7.96. The minimum Gasteiger partial charge on any atom is -0.496 e. The summed E-state index contributed by atoms with van der Waals surface area (Å²) < 4.78 is 5.04. The molecule has 0 aliphatic rings. The van der Waals surface area contributed by atoms with Gasteiger partial charge in [-0.25, -0.2) is 0 Å². The Morgan fingerprint density at radius 2 is 2.11 bits per heavy atom. The van der Waals surface area contributed by atoms with E-state index in [4.69, 9.17) is 16.3 Å². The Hall–Kier alpha value is -1.22. The zero-order chi connectivity index (χ0) is 14.0. The predicted molar refractivity (Wildman–Crippen MR) is 76.3 cm³/mol. The summed E-state index contributed by atoms with van der Waals surface area (Å²) in [6.45, 7) is 7.03. The minimum atomic E-state index is 0.683. The van der Waals surface area contributed by atoms with Crippen LogP contribution in [-0.2, 0) is 4.79 Å². The van der Waals surface area contributed by atoms with Gasteiger partial charge in [-0.1, -0.05) is 25.4 Å². The first-order valence-electron chi connectivity index (χ1n) is 5.98. The maximum Gasteiger partial charge on any atom is 0.207 e. The van der Waals surface area contributed by atoms with E-state index in [2.05, 4.69) is 19.2 Å². The summed E-state index contributed by atoms with van der Waals surface area (Å²) in [5.41, 5.74) is 1.06. The van der Waals surface area contributed by atoms with E-state index in [-0.39, 0.29) is 0 Å². The van der Waals surface area contributed by atoms with Gasteiger partial charge in [0.15, 0.2) is 0 Å². The molecule has 4 heteroatoms. The number of hydrogen-bond acceptors (Lipinski definition) is 2. The van der Waals surface area contributed by atoms with Crippen molar-refractivity contribution in [1.29, 1.82) is 0 Å². The Morgan fingerprint density at radius 3 is 2.56 bits per heavy atom. The molecule has 0 bridgehead atoms. The van der Waals surface area contributed by atoms with Crippen LogP contribution in [0.1, 0.15) is 25.8 Å². The quantitative estimate of drug-likeness (QED) is 0.658. The van der Waals surface area contributed by atoms with Gasteiger partial charge in [0.05, 0.1) is 7.11 Å². The molecule has 0 saturated heterocycles. The fourth-order valence-electron chi connectivity index (χ4n) is 1.27. The molecule has 0 radical (unpaired) electrons. The second-order valence-corrected chi connectivity index (χ2v) is 4.80. The minimum absolute atomic E-state index is 0.683. The van der Waals surface area contributed by atoms with Crippen molar-refractivity contribution in [2.45, 2.75) is 27.2 Å². The van der Waals surface area contributed by atoms with Crippen molar-refractivity contribution in [3.05, 3.63) is 28.8 Å². The Labute approximate surface area is 114 Å². The summed E-state index contributed by atoms with van der Waals surface area (Å²) in [6.07, 6.45) is 1.81. The average molecular weight is 272 g/mol. The number of carbonyl (C=O) groups excluding carboxylic acids is 1. The maximum atomic E-state index is 9.68. The van der Waals surface area contributed by atoms with E-state index >= 15 is 0 Å². The summed E-state index contributed by atoms with van der Waals surface area (Å²) in [6, 6.07) is 5.55. The molecule has 1 aromatic rings. The van der Waals surface area contributed by atoms with Gasteiger partial charge in [0.2, 0.25) is 6.41 Å². The van der Waals surface area contributed by atoms with E-state index in [9.17, 15) is 4.79 Å². The highest BCUT2D eigenvalue weighted by molar-refractivity contribution is 6.30. The second-order valence-electron chi connectivity index (χ2n) is 4.37. The monoisotopic (exact) mass is 271 g/mol. The largest absolute Gasteiger partial charge is 0.496 e. The van der Waals surface area contributed by atoms with Crippen LogP contribution in [0.15, 0.2) is 18.2 Å². The van der Waals surface area contributed by atoms with E-state index in [0.717, 1.165) is 35.7 Å². The smallest absolute Gasteiger partial charge is 0.207 e. The predicted octanol–water partition coefficient (Wildman–Crippen LogP) is 3.44. The second kappa shape index (κ2) is 9.77. The van der Waals surface area contributed by atoms with Gasteiger partial charge in [-0.3, -0.25) is 4.79 Å². The summed E-state index contributed by atoms with van der Waals surface area (Å²) in [5, 5.41) is 3.35. The van der Waals surface area contributed by atoms with Crippen molar-refractivity contribution >= 4 is 18.0 Å². The molecule has 3 nitrogen and oxygen atoms in total. The van der Waals surface area contributed by atoms with Crippen LogP contribution >= 0.6 is 11.6 Å². The van der Waals surface area contributed by atoms with Crippen molar-refractivity contribution in [3.8, 4) is 5.75 Å². The first-order valence-corrected chi connectivity index (χ1v) is 6.36. The Bertz CT molecular complexity index is 354. The van der Waals surface area contributed by atoms with Gasteiger partial charge in [-0.2, -0.15) is 0 Å². The molecule has 0 unspecified atom stereocenters. The molecule has 18 heavy (non-hydrogen) atoms. The highest BCUT2D eigenvalue weighted by Crippen LogP contribution is 2.20. The van der Waals surface area contributed by atoms with Gasteiger partial charge in [0.1, 0.15) is 5.75 Å². The zero-order valence-electron chi connectivity index (χ0n) is 11.5. The number of carbonyl (C=O) groups is 1. The topological polar surface area (TPSA) is 38.3 Å². The molecule has 0 aromatic heterocycles. The summed E-state index contributed by atoms with van der Waals surface area (Å²) in [4.78, 5) is 9.68. The number of hydrogen-bond donors (Lipinski definition) is 1. The third-order valence-electron chi connectivity index (χ3n) is 2.31. The standard InChI is InChI=1S/C8H9ClO.C6H13NO/c1-6-5-7(9)3-4-8(6)10-2;1-6(2)3-4-7-5-8/h3-5H,1-2H3;5-6H,3-4H2,1-2H3,(H,7,8). The molecule has 1 rings (SSSR count). The van der Waals surface area contributed by atoms with Crippen molar-refractivity contribution < 1.29 is 9.53 Å². The number of benzene rings is 1. The van der Waals surface area contributed by atoms with Crippen LogP contribution in [0.4, 0.5) is 0 Å². The van der Waals surface area contributed by atoms with E-state index < -0.39 is 0 Å². The first-order chi connectivity index (χ1) is 8.51. The van der Waals surface area contributed by atoms with Crippen LogP contribution in [0.3, 0.4) is 0 Å². The number of nitrogens with one attached hydrogen (secondary N) is 1. The third-order valence-corrected chi connectivity index (χ3v) is 2.54. The summed E-state index contributed by atoms with van der Waals surface area (Å²) in [5.74, 6) is 1.56. The Balaban J connectivity index is 0.000000331. The number of amides is 1. The van der Waals surface area contributed by atoms with Gasteiger partial charge in [-0.15, -0.1) is 0 Å². The molecule has 0 fully saturated rings. The van der Waals surface area contributed by atoms with Crippen LogP contribution in [0.2, 0.25) is 5.02 Å². The molecular weight excluding hydrogens is 250 g/mol. The van der Waals surface area contributed by atoms with Crippen molar-refractivity contribution in [2.75, 3.05) is 13.7 Å². The fraction of sp³-hybridized carbons (Fsp3) is 0.500. The van der Waals surface area contributed by atoms with Gasteiger partial charge in [0.25, 0.3) is 0 Å². The number of aryl methyl sites for hydroxylation is 1. The molecule has 0 atom stereocenters. The van der Waals surface area contributed by atoms with Crippen LogP contribution in [-0.4, -0.2) is 20.1 Å². The lowest BCUT2D eigenvalue weighted by atomic mass is 10.1. The molecule has 0 aliphatic carbocycles. The van der Waals surface area contributed by atoms with Crippen molar-refractivity contribution in [1.82, 2.24) is 5.32 Å². The first kappa shape index (κ1) is 16.8. The Morgan fingerprint density at radius 1 is 1.44 bits per heavy atom. The molecule has 0 spiro atoms. The zero-order valence-corrected chi connectivity index (χ0v) is 12.3. The van der Waals surface area contributed by atoms with E-state index in [1.165, 1.54) is 0 Å². The van der Waals surface area contributed by atoms with Gasteiger partial charge in [-0.05, 0) is 43.0 Å². The van der Waals surface area contributed by atoms with Gasteiger partial charge >= 0.3 is 0 Å². The number of ether oxygens (including phenoxy) is 1. The summed E-state index contributed by atoms with van der Waals surface area (Å²) >= 11 is 5.72.